The van der Waals surface area contributed by atoms with Crippen LogP contribution < -0.4 is 10.1 Å². The molecule has 5 heteroatoms. The minimum absolute atomic E-state index is 0.0193. The van der Waals surface area contributed by atoms with Crippen LogP contribution in [0.4, 0.5) is 0 Å². The second-order valence-electron chi connectivity index (χ2n) is 7.28. The molecule has 1 fully saturated rings. The summed E-state index contributed by atoms with van der Waals surface area (Å²) in [5, 5.41) is 4.41. The molecule has 1 unspecified atom stereocenters. The van der Waals surface area contributed by atoms with E-state index in [-0.39, 0.29) is 11.9 Å². The second kappa shape index (κ2) is 7.60. The number of carbonyl (C=O) groups excluding carboxylic acids is 1. The number of pyridine rings is 1. The fraction of sp³-hybridized carbons (Fsp3) is 0.304. The Kier molecular flexibility index (Phi) is 5.01. The number of benzene rings is 2. The molecule has 2 aromatic carbocycles. The molecule has 2 heterocycles. The number of carbonyl (C=O) groups is 1. The summed E-state index contributed by atoms with van der Waals surface area (Å²) >= 11 is 0. The summed E-state index contributed by atoms with van der Waals surface area (Å²) in [6, 6.07) is 15.9. The summed E-state index contributed by atoms with van der Waals surface area (Å²) in [6.07, 6.45) is 0. The van der Waals surface area contributed by atoms with E-state index in [1.807, 2.05) is 54.3 Å². The van der Waals surface area contributed by atoms with Gasteiger partial charge < -0.3 is 15.0 Å². The molecule has 0 spiro atoms. The van der Waals surface area contributed by atoms with E-state index in [1.165, 1.54) is 0 Å². The van der Waals surface area contributed by atoms with Gasteiger partial charge in [-0.05, 0) is 38.1 Å². The van der Waals surface area contributed by atoms with Gasteiger partial charge in [0.05, 0.1) is 29.9 Å². The molecule has 1 aliphatic rings. The molecule has 0 radical (unpaired) electrons. The van der Waals surface area contributed by atoms with Crippen molar-refractivity contribution >= 4 is 16.8 Å². The number of piperazine rings is 1. The molecule has 1 atom stereocenters. The molecule has 1 saturated heterocycles. The normalized spacial score (nSPS) is 17.0. The van der Waals surface area contributed by atoms with Crippen LogP contribution in [0.5, 0.6) is 5.75 Å². The zero-order chi connectivity index (χ0) is 19.7. The molecule has 1 aromatic heterocycles. The maximum Gasteiger partial charge on any atom is 0.256 e. The molecular weight excluding hydrogens is 350 g/mol. The van der Waals surface area contributed by atoms with Crippen molar-refractivity contribution in [3.63, 3.8) is 0 Å². The van der Waals surface area contributed by atoms with E-state index in [9.17, 15) is 4.79 Å². The van der Waals surface area contributed by atoms with Crippen LogP contribution in [0.2, 0.25) is 0 Å². The lowest BCUT2D eigenvalue weighted by atomic mass is 10.00. The van der Waals surface area contributed by atoms with Crippen molar-refractivity contribution in [3.8, 4) is 5.75 Å². The van der Waals surface area contributed by atoms with Gasteiger partial charge in [-0.15, -0.1) is 0 Å². The van der Waals surface area contributed by atoms with Crippen LogP contribution in [0.1, 0.15) is 33.2 Å². The number of hydrogen-bond donors (Lipinski definition) is 1. The summed E-state index contributed by atoms with van der Waals surface area (Å²) in [5.74, 6) is 0.823. The van der Waals surface area contributed by atoms with Gasteiger partial charge >= 0.3 is 0 Å². The summed E-state index contributed by atoms with van der Waals surface area (Å²) < 4.78 is 5.55. The molecule has 0 bridgehead atoms. The molecular formula is C23H25N3O2. The summed E-state index contributed by atoms with van der Waals surface area (Å²) in [7, 11) is 1.67. The first-order chi connectivity index (χ1) is 13.6. The predicted molar refractivity (Wildman–Crippen MR) is 111 cm³/mol. The van der Waals surface area contributed by atoms with Gasteiger partial charge in [0.25, 0.3) is 5.91 Å². The maximum atomic E-state index is 13.5. The van der Waals surface area contributed by atoms with Crippen molar-refractivity contribution in [2.24, 2.45) is 0 Å². The predicted octanol–water partition coefficient (Wildman–Crippen LogP) is 3.65. The lowest BCUT2D eigenvalue weighted by Gasteiger charge is -2.37. The Hall–Kier alpha value is -2.92. The van der Waals surface area contributed by atoms with E-state index in [4.69, 9.17) is 4.74 Å². The fourth-order valence-electron chi connectivity index (χ4n) is 3.93. The van der Waals surface area contributed by atoms with Crippen LogP contribution in [-0.4, -0.2) is 42.5 Å². The highest BCUT2D eigenvalue weighted by Crippen LogP contribution is 2.32. The number of methoxy groups -OCH3 is 1. The smallest absolute Gasteiger partial charge is 0.256 e. The number of fused-ring (bicyclic) bond motifs is 1. The molecule has 5 nitrogen and oxygen atoms in total. The monoisotopic (exact) mass is 375 g/mol. The Morgan fingerprint density at radius 3 is 2.82 bits per heavy atom. The number of amides is 1. The van der Waals surface area contributed by atoms with Gasteiger partial charge in [0, 0.05) is 30.6 Å². The first-order valence-corrected chi connectivity index (χ1v) is 9.61. The standard InChI is InChI=1S/C23H25N3O2/c1-15-8-9-20-17(12-15)13-19(16(2)25-20)23(27)26-11-10-24-14-21(26)18-6-4-5-7-22(18)28-3/h4-9,12-13,21,24H,10-11,14H2,1-3H3. The summed E-state index contributed by atoms with van der Waals surface area (Å²) in [6.45, 7) is 6.08. The molecule has 1 N–H and O–H groups in total. The van der Waals surface area contributed by atoms with E-state index >= 15 is 0 Å². The van der Waals surface area contributed by atoms with Crippen molar-refractivity contribution in [1.82, 2.24) is 15.2 Å². The average Bonchev–Trinajstić information content (AvgIpc) is 2.73. The van der Waals surface area contributed by atoms with Crippen LogP contribution in [0.15, 0.2) is 48.5 Å². The number of rotatable bonds is 3. The Morgan fingerprint density at radius 1 is 1.18 bits per heavy atom. The zero-order valence-corrected chi connectivity index (χ0v) is 16.5. The lowest BCUT2D eigenvalue weighted by molar-refractivity contribution is 0.0630. The van der Waals surface area contributed by atoms with Crippen molar-refractivity contribution < 1.29 is 9.53 Å². The quantitative estimate of drug-likeness (QED) is 0.759. The number of nitrogens with zero attached hydrogens (tertiary/aromatic N) is 2. The molecule has 1 amide bonds. The number of hydrogen-bond acceptors (Lipinski definition) is 4. The zero-order valence-electron chi connectivity index (χ0n) is 16.5. The van der Waals surface area contributed by atoms with Crippen LogP contribution in [0.25, 0.3) is 10.9 Å². The molecule has 28 heavy (non-hydrogen) atoms. The highest BCUT2D eigenvalue weighted by molar-refractivity contribution is 5.99. The van der Waals surface area contributed by atoms with Crippen molar-refractivity contribution in [3.05, 3.63) is 70.9 Å². The molecule has 4 rings (SSSR count). The van der Waals surface area contributed by atoms with Gasteiger partial charge in [-0.2, -0.15) is 0 Å². The lowest BCUT2D eigenvalue weighted by Crippen LogP contribution is -2.49. The Labute approximate surface area is 165 Å². The van der Waals surface area contributed by atoms with Crippen molar-refractivity contribution in [1.29, 1.82) is 0 Å². The van der Waals surface area contributed by atoms with Gasteiger partial charge in [0.1, 0.15) is 5.75 Å². The minimum Gasteiger partial charge on any atom is -0.496 e. The third-order valence-electron chi connectivity index (χ3n) is 5.39. The number of aromatic nitrogens is 1. The largest absolute Gasteiger partial charge is 0.496 e. The molecule has 0 aliphatic carbocycles. The van der Waals surface area contributed by atoms with Gasteiger partial charge in [-0.25, -0.2) is 0 Å². The van der Waals surface area contributed by atoms with Gasteiger partial charge in [0.2, 0.25) is 0 Å². The average molecular weight is 375 g/mol. The number of aryl methyl sites for hydroxylation is 2. The Balaban J connectivity index is 1.75. The van der Waals surface area contributed by atoms with Crippen LogP contribution >= 0.6 is 0 Å². The SMILES string of the molecule is COc1ccccc1C1CNCCN1C(=O)c1cc2cc(C)ccc2nc1C. The first-order valence-electron chi connectivity index (χ1n) is 9.61. The topological polar surface area (TPSA) is 54.5 Å². The van der Waals surface area contributed by atoms with Crippen molar-refractivity contribution in [2.45, 2.75) is 19.9 Å². The second-order valence-corrected chi connectivity index (χ2v) is 7.28. The van der Waals surface area contributed by atoms with Crippen LogP contribution in [0, 0.1) is 13.8 Å². The summed E-state index contributed by atoms with van der Waals surface area (Å²) in [5.41, 5.74) is 4.53. The molecule has 3 aromatic rings. The van der Waals surface area contributed by atoms with E-state index < -0.39 is 0 Å². The molecule has 1 aliphatic heterocycles. The Morgan fingerprint density at radius 2 is 2.00 bits per heavy atom. The van der Waals surface area contributed by atoms with E-state index in [0.717, 1.165) is 40.0 Å². The molecule has 0 saturated carbocycles. The van der Waals surface area contributed by atoms with Gasteiger partial charge in [0.15, 0.2) is 0 Å². The Bertz CT molecular complexity index is 1030. The number of ether oxygens (including phenoxy) is 1. The third-order valence-corrected chi connectivity index (χ3v) is 5.39. The molecule has 144 valence electrons. The van der Waals surface area contributed by atoms with Crippen LogP contribution in [-0.2, 0) is 0 Å². The van der Waals surface area contributed by atoms with Crippen LogP contribution in [0.3, 0.4) is 0 Å². The van der Waals surface area contributed by atoms with Crippen molar-refractivity contribution in [2.75, 3.05) is 26.7 Å². The number of nitrogens with one attached hydrogen (secondary N) is 1. The third kappa shape index (κ3) is 3.34. The van der Waals surface area contributed by atoms with E-state index in [1.54, 1.807) is 7.11 Å². The highest BCUT2D eigenvalue weighted by atomic mass is 16.5. The highest BCUT2D eigenvalue weighted by Gasteiger charge is 2.31. The van der Waals surface area contributed by atoms with Gasteiger partial charge in [-0.3, -0.25) is 9.78 Å². The minimum atomic E-state index is -0.0787. The number of para-hydroxylation sites is 1. The van der Waals surface area contributed by atoms with E-state index in [2.05, 4.69) is 23.3 Å². The summed E-state index contributed by atoms with van der Waals surface area (Å²) in [4.78, 5) is 20.2. The first kappa shape index (κ1) is 18.4. The maximum absolute atomic E-state index is 13.5. The fourth-order valence-corrected chi connectivity index (χ4v) is 3.93. The van der Waals surface area contributed by atoms with E-state index in [0.29, 0.717) is 18.7 Å². The van der Waals surface area contributed by atoms with Gasteiger partial charge in [-0.1, -0.05) is 29.8 Å².